The minimum absolute atomic E-state index is 0.591. The van der Waals surface area contributed by atoms with Crippen molar-refractivity contribution in [2.75, 3.05) is 19.5 Å². The molecule has 1 heterocycles. The molecule has 0 amide bonds. The summed E-state index contributed by atoms with van der Waals surface area (Å²) in [6.07, 6.45) is 1.83. The van der Waals surface area contributed by atoms with E-state index in [2.05, 4.69) is 10.3 Å². The van der Waals surface area contributed by atoms with Gasteiger partial charge in [0.05, 0.1) is 19.9 Å². The molecule has 0 aliphatic heterocycles. The van der Waals surface area contributed by atoms with Crippen molar-refractivity contribution in [1.29, 1.82) is 0 Å². The van der Waals surface area contributed by atoms with Crippen LogP contribution in [-0.4, -0.2) is 28.7 Å². The van der Waals surface area contributed by atoms with Crippen molar-refractivity contribution >= 4 is 5.69 Å². The van der Waals surface area contributed by atoms with Gasteiger partial charge in [0.1, 0.15) is 22.9 Å². The maximum Gasteiger partial charge on any atom is 0.144 e. The molecular formula is C17H18N4O2. The van der Waals surface area contributed by atoms with Crippen LogP contribution in [0.2, 0.25) is 0 Å². The summed E-state index contributed by atoms with van der Waals surface area (Å²) < 4.78 is 12.7. The standard InChI is InChI=1S/C17H18N4O2/c1-3-23-16-7-5-4-6-13(16)14-11-21(20-19-14)15-10-12(18)8-9-17(15)22-2/h4-11H,3,18H2,1-2H3. The lowest BCUT2D eigenvalue weighted by molar-refractivity contribution is 0.341. The highest BCUT2D eigenvalue weighted by molar-refractivity contribution is 5.67. The van der Waals surface area contributed by atoms with Gasteiger partial charge >= 0.3 is 0 Å². The molecule has 2 aromatic carbocycles. The monoisotopic (exact) mass is 310 g/mol. The van der Waals surface area contributed by atoms with Gasteiger partial charge in [0.15, 0.2) is 0 Å². The molecule has 0 spiro atoms. The molecule has 0 atom stereocenters. The summed E-state index contributed by atoms with van der Waals surface area (Å²) in [5.41, 5.74) is 8.85. The molecule has 6 nitrogen and oxygen atoms in total. The number of para-hydroxylation sites is 1. The zero-order chi connectivity index (χ0) is 16.2. The zero-order valence-corrected chi connectivity index (χ0v) is 13.1. The van der Waals surface area contributed by atoms with E-state index in [1.54, 1.807) is 30.0 Å². The predicted octanol–water partition coefficient (Wildman–Crippen LogP) is 2.92. The summed E-state index contributed by atoms with van der Waals surface area (Å²) in [7, 11) is 1.61. The number of nitrogens with zero attached hydrogens (tertiary/aromatic N) is 3. The van der Waals surface area contributed by atoms with E-state index in [1.165, 1.54) is 0 Å². The molecule has 3 aromatic rings. The Morgan fingerprint density at radius 1 is 1.13 bits per heavy atom. The van der Waals surface area contributed by atoms with Gasteiger partial charge in [0.2, 0.25) is 0 Å². The van der Waals surface area contributed by atoms with E-state index in [1.807, 2.05) is 37.4 Å². The molecule has 3 rings (SSSR count). The number of nitrogens with two attached hydrogens (primary N) is 1. The third-order valence-electron chi connectivity index (χ3n) is 3.41. The van der Waals surface area contributed by atoms with E-state index in [-0.39, 0.29) is 0 Å². The Morgan fingerprint density at radius 3 is 2.74 bits per heavy atom. The number of ether oxygens (including phenoxy) is 2. The van der Waals surface area contributed by atoms with Gasteiger partial charge in [-0.05, 0) is 37.3 Å². The van der Waals surface area contributed by atoms with E-state index in [0.29, 0.717) is 18.0 Å². The van der Waals surface area contributed by atoms with Crippen LogP contribution in [0.3, 0.4) is 0 Å². The van der Waals surface area contributed by atoms with Crippen LogP contribution in [-0.2, 0) is 0 Å². The molecule has 1 aromatic heterocycles. The minimum atomic E-state index is 0.591. The van der Waals surface area contributed by atoms with E-state index in [9.17, 15) is 0 Å². The second kappa shape index (κ2) is 6.39. The number of hydrogen-bond donors (Lipinski definition) is 1. The second-order valence-corrected chi connectivity index (χ2v) is 4.91. The number of hydrogen-bond acceptors (Lipinski definition) is 5. The van der Waals surface area contributed by atoms with Gasteiger partial charge in [-0.3, -0.25) is 0 Å². The lowest BCUT2D eigenvalue weighted by atomic mass is 10.1. The summed E-state index contributed by atoms with van der Waals surface area (Å²) in [4.78, 5) is 0. The summed E-state index contributed by atoms with van der Waals surface area (Å²) >= 11 is 0. The Balaban J connectivity index is 2.03. The van der Waals surface area contributed by atoms with Crippen molar-refractivity contribution in [3.05, 3.63) is 48.7 Å². The molecule has 118 valence electrons. The van der Waals surface area contributed by atoms with Crippen molar-refractivity contribution in [3.63, 3.8) is 0 Å². The van der Waals surface area contributed by atoms with Crippen LogP contribution in [0.25, 0.3) is 16.9 Å². The van der Waals surface area contributed by atoms with E-state index in [0.717, 1.165) is 22.7 Å². The molecular weight excluding hydrogens is 292 g/mol. The highest BCUT2D eigenvalue weighted by Crippen LogP contribution is 2.30. The molecule has 0 aliphatic rings. The Bertz CT molecular complexity index is 814. The first kappa shape index (κ1) is 14.9. The van der Waals surface area contributed by atoms with Crippen molar-refractivity contribution < 1.29 is 9.47 Å². The Hall–Kier alpha value is -3.02. The first-order valence-corrected chi connectivity index (χ1v) is 7.31. The summed E-state index contributed by atoms with van der Waals surface area (Å²) in [5.74, 6) is 1.45. The van der Waals surface area contributed by atoms with E-state index >= 15 is 0 Å². The fraction of sp³-hybridized carbons (Fsp3) is 0.176. The number of aromatic nitrogens is 3. The lowest BCUT2D eigenvalue weighted by Gasteiger charge is -2.08. The number of anilines is 1. The molecule has 23 heavy (non-hydrogen) atoms. The van der Waals surface area contributed by atoms with Gasteiger partial charge < -0.3 is 15.2 Å². The number of nitrogen functional groups attached to an aromatic ring is 1. The molecule has 0 saturated carbocycles. The smallest absolute Gasteiger partial charge is 0.144 e. The van der Waals surface area contributed by atoms with Crippen LogP contribution in [0.4, 0.5) is 5.69 Å². The Labute approximate surface area is 134 Å². The number of methoxy groups -OCH3 is 1. The van der Waals surface area contributed by atoms with Crippen LogP contribution in [0, 0.1) is 0 Å². The maximum atomic E-state index is 5.86. The van der Waals surface area contributed by atoms with Gasteiger partial charge in [-0.25, -0.2) is 4.68 Å². The molecule has 0 bridgehead atoms. The Morgan fingerprint density at radius 2 is 1.96 bits per heavy atom. The lowest BCUT2D eigenvalue weighted by Crippen LogP contribution is -2.00. The van der Waals surface area contributed by atoms with Crippen molar-refractivity contribution in [1.82, 2.24) is 15.0 Å². The molecule has 0 radical (unpaired) electrons. The largest absolute Gasteiger partial charge is 0.494 e. The normalized spacial score (nSPS) is 10.5. The molecule has 6 heteroatoms. The van der Waals surface area contributed by atoms with Gasteiger partial charge in [-0.2, -0.15) is 0 Å². The second-order valence-electron chi connectivity index (χ2n) is 4.91. The van der Waals surface area contributed by atoms with Gasteiger partial charge in [-0.15, -0.1) is 5.10 Å². The molecule has 0 saturated heterocycles. The van der Waals surface area contributed by atoms with Crippen LogP contribution < -0.4 is 15.2 Å². The summed E-state index contributed by atoms with van der Waals surface area (Å²) in [5, 5.41) is 8.44. The highest BCUT2D eigenvalue weighted by atomic mass is 16.5. The molecule has 0 aliphatic carbocycles. The number of benzene rings is 2. The van der Waals surface area contributed by atoms with Gasteiger partial charge in [0.25, 0.3) is 0 Å². The van der Waals surface area contributed by atoms with Crippen molar-refractivity contribution in [2.45, 2.75) is 6.92 Å². The minimum Gasteiger partial charge on any atom is -0.494 e. The quantitative estimate of drug-likeness (QED) is 0.733. The average Bonchev–Trinajstić information content (AvgIpc) is 3.05. The zero-order valence-electron chi connectivity index (χ0n) is 13.1. The Kier molecular flexibility index (Phi) is 4.14. The first-order valence-electron chi connectivity index (χ1n) is 7.31. The molecule has 2 N–H and O–H groups in total. The van der Waals surface area contributed by atoms with Crippen molar-refractivity contribution in [3.8, 4) is 28.4 Å². The third kappa shape index (κ3) is 2.96. The maximum absolute atomic E-state index is 5.86. The number of rotatable bonds is 5. The predicted molar refractivity (Wildman–Crippen MR) is 88.9 cm³/mol. The average molecular weight is 310 g/mol. The molecule has 0 unspecified atom stereocenters. The fourth-order valence-electron chi connectivity index (χ4n) is 2.35. The van der Waals surface area contributed by atoms with Gasteiger partial charge in [-0.1, -0.05) is 17.3 Å². The summed E-state index contributed by atoms with van der Waals surface area (Å²) in [6.45, 7) is 2.54. The van der Waals surface area contributed by atoms with E-state index in [4.69, 9.17) is 15.2 Å². The fourth-order valence-corrected chi connectivity index (χ4v) is 2.35. The van der Waals surface area contributed by atoms with Gasteiger partial charge in [0, 0.05) is 11.3 Å². The SMILES string of the molecule is CCOc1ccccc1-c1cn(-c2cc(N)ccc2OC)nn1. The highest BCUT2D eigenvalue weighted by Gasteiger charge is 2.13. The van der Waals surface area contributed by atoms with Crippen LogP contribution in [0.15, 0.2) is 48.7 Å². The first-order chi connectivity index (χ1) is 11.2. The summed E-state index contributed by atoms with van der Waals surface area (Å²) in [6, 6.07) is 13.1. The van der Waals surface area contributed by atoms with Crippen molar-refractivity contribution in [2.24, 2.45) is 0 Å². The third-order valence-corrected chi connectivity index (χ3v) is 3.41. The van der Waals surface area contributed by atoms with E-state index < -0.39 is 0 Å². The van der Waals surface area contributed by atoms with Crippen LogP contribution in [0.5, 0.6) is 11.5 Å². The molecule has 0 fully saturated rings. The van der Waals surface area contributed by atoms with Crippen LogP contribution >= 0.6 is 0 Å². The van der Waals surface area contributed by atoms with Crippen LogP contribution in [0.1, 0.15) is 6.92 Å². The topological polar surface area (TPSA) is 75.2 Å².